The van der Waals surface area contributed by atoms with Crippen LogP contribution in [-0.2, 0) is 16.0 Å². The Morgan fingerprint density at radius 2 is 1.91 bits per heavy atom. The van der Waals surface area contributed by atoms with Gasteiger partial charge in [0.2, 0.25) is 5.91 Å². The van der Waals surface area contributed by atoms with Gasteiger partial charge in [0.25, 0.3) is 5.91 Å². The third-order valence-electron chi connectivity index (χ3n) is 5.63. The number of aromatic nitrogens is 2. The van der Waals surface area contributed by atoms with Crippen LogP contribution < -0.4 is 20.1 Å². The van der Waals surface area contributed by atoms with Crippen LogP contribution in [0.15, 0.2) is 42.5 Å². The predicted molar refractivity (Wildman–Crippen MR) is 122 cm³/mol. The Balaban J connectivity index is 1.65. The number of carbonyl (C=O) groups is 2. The van der Waals surface area contributed by atoms with Crippen molar-refractivity contribution < 1.29 is 19.1 Å². The molecule has 1 aromatic heterocycles. The van der Waals surface area contributed by atoms with E-state index in [1.807, 2.05) is 56.3 Å². The number of anilines is 2. The monoisotopic (exact) mass is 434 g/mol. The van der Waals surface area contributed by atoms with Crippen molar-refractivity contribution in [2.45, 2.75) is 32.7 Å². The highest BCUT2D eigenvalue weighted by atomic mass is 16.5. The zero-order chi connectivity index (χ0) is 22.8. The van der Waals surface area contributed by atoms with E-state index in [9.17, 15) is 9.59 Å². The minimum atomic E-state index is -0.715. The molecule has 1 aliphatic heterocycles. The fourth-order valence-corrected chi connectivity index (χ4v) is 3.95. The molecule has 1 unspecified atom stereocenters. The molecule has 0 fully saturated rings. The molecule has 1 atom stereocenters. The molecular weight excluding hydrogens is 408 g/mol. The lowest BCUT2D eigenvalue weighted by Gasteiger charge is -2.11. The normalized spacial score (nSPS) is 14.6. The largest absolute Gasteiger partial charge is 0.493 e. The Morgan fingerprint density at radius 1 is 1.16 bits per heavy atom. The number of nitrogens with one attached hydrogen (secondary N) is 2. The van der Waals surface area contributed by atoms with Crippen molar-refractivity contribution >= 4 is 23.3 Å². The summed E-state index contributed by atoms with van der Waals surface area (Å²) in [5, 5.41) is 10.5. The number of benzene rings is 2. The lowest BCUT2D eigenvalue weighted by atomic mass is 10.0. The second kappa shape index (κ2) is 8.74. The molecule has 0 saturated carbocycles. The highest BCUT2D eigenvalue weighted by Gasteiger charge is 2.37. The van der Waals surface area contributed by atoms with Crippen LogP contribution >= 0.6 is 0 Å². The second-order valence-corrected chi connectivity index (χ2v) is 7.61. The third-order valence-corrected chi connectivity index (χ3v) is 5.63. The van der Waals surface area contributed by atoms with Crippen molar-refractivity contribution in [2.24, 2.45) is 0 Å². The molecule has 1 aliphatic rings. The molecule has 2 heterocycles. The second-order valence-electron chi connectivity index (χ2n) is 7.61. The van der Waals surface area contributed by atoms with E-state index in [-0.39, 0.29) is 18.2 Å². The molecule has 0 saturated heterocycles. The molecule has 4 rings (SSSR count). The van der Waals surface area contributed by atoms with Gasteiger partial charge in [0.15, 0.2) is 11.5 Å². The number of rotatable bonds is 7. The number of amides is 2. The van der Waals surface area contributed by atoms with Gasteiger partial charge in [-0.3, -0.25) is 9.59 Å². The Morgan fingerprint density at radius 3 is 2.59 bits per heavy atom. The third kappa shape index (κ3) is 3.79. The Labute approximate surface area is 186 Å². The summed E-state index contributed by atoms with van der Waals surface area (Å²) in [4.78, 5) is 25.5. The molecule has 0 aliphatic carbocycles. The van der Waals surface area contributed by atoms with E-state index >= 15 is 0 Å². The van der Waals surface area contributed by atoms with Gasteiger partial charge in [-0.25, -0.2) is 4.68 Å². The van der Waals surface area contributed by atoms with Crippen molar-refractivity contribution in [3.8, 4) is 22.6 Å². The van der Waals surface area contributed by atoms with Crippen molar-refractivity contribution in [3.05, 3.63) is 53.7 Å². The fourth-order valence-electron chi connectivity index (χ4n) is 3.95. The molecule has 166 valence electrons. The maximum absolute atomic E-state index is 12.8. The smallest absolute Gasteiger partial charge is 0.251 e. The standard InChI is InChI=1S/C24H26N4O4/c1-5-16-22(15-10-11-19(31-3)20(12-15)32-4)23-26-24(30)18(28(23)27-16)13-21(29)25-17-9-7-6-8-14(17)2/h6-12,18H,5,13H2,1-4H3,(H,25,29)(H,26,30). The van der Waals surface area contributed by atoms with Crippen LogP contribution in [0.25, 0.3) is 11.1 Å². The predicted octanol–water partition coefficient (Wildman–Crippen LogP) is 3.96. The van der Waals surface area contributed by atoms with Crippen LogP contribution in [0, 0.1) is 6.92 Å². The van der Waals surface area contributed by atoms with Crippen LogP contribution in [0.5, 0.6) is 11.5 Å². The van der Waals surface area contributed by atoms with Crippen LogP contribution in [0.3, 0.4) is 0 Å². The highest BCUT2D eigenvalue weighted by molar-refractivity contribution is 6.04. The zero-order valence-electron chi connectivity index (χ0n) is 18.6. The minimum Gasteiger partial charge on any atom is -0.493 e. The number of aryl methyl sites for hydroxylation is 2. The maximum atomic E-state index is 12.8. The molecule has 0 bridgehead atoms. The molecule has 3 aromatic rings. The van der Waals surface area contributed by atoms with Gasteiger partial charge in [-0.05, 0) is 42.7 Å². The summed E-state index contributed by atoms with van der Waals surface area (Å²) in [6.45, 7) is 3.93. The molecule has 0 radical (unpaired) electrons. The van der Waals surface area contributed by atoms with E-state index in [0.717, 1.165) is 28.1 Å². The van der Waals surface area contributed by atoms with E-state index < -0.39 is 6.04 Å². The Hall–Kier alpha value is -3.81. The van der Waals surface area contributed by atoms with Crippen molar-refractivity contribution in [2.75, 3.05) is 24.9 Å². The number of hydrogen-bond acceptors (Lipinski definition) is 5. The first-order chi connectivity index (χ1) is 15.5. The van der Waals surface area contributed by atoms with Gasteiger partial charge < -0.3 is 20.1 Å². The first-order valence-electron chi connectivity index (χ1n) is 10.5. The highest BCUT2D eigenvalue weighted by Crippen LogP contribution is 2.41. The number of nitrogens with zero attached hydrogens (tertiary/aromatic N) is 2. The van der Waals surface area contributed by atoms with Gasteiger partial charge in [-0.15, -0.1) is 0 Å². The van der Waals surface area contributed by atoms with Crippen LogP contribution in [0.4, 0.5) is 11.5 Å². The maximum Gasteiger partial charge on any atom is 0.251 e. The van der Waals surface area contributed by atoms with Crippen molar-refractivity contribution in [1.29, 1.82) is 0 Å². The summed E-state index contributed by atoms with van der Waals surface area (Å²) in [6.07, 6.45) is 0.658. The van der Waals surface area contributed by atoms with Crippen LogP contribution in [-0.4, -0.2) is 35.8 Å². The number of ether oxygens (including phenoxy) is 2. The summed E-state index contributed by atoms with van der Waals surface area (Å²) >= 11 is 0. The first-order valence-corrected chi connectivity index (χ1v) is 10.5. The number of hydrogen-bond donors (Lipinski definition) is 2. The first kappa shape index (κ1) is 21.4. The average Bonchev–Trinajstić information content (AvgIpc) is 3.29. The van der Waals surface area contributed by atoms with Gasteiger partial charge in [-0.2, -0.15) is 5.10 Å². The van der Waals surface area contributed by atoms with Gasteiger partial charge in [0.1, 0.15) is 11.9 Å². The van der Waals surface area contributed by atoms with Gasteiger partial charge >= 0.3 is 0 Å². The summed E-state index contributed by atoms with van der Waals surface area (Å²) < 4.78 is 12.4. The molecule has 32 heavy (non-hydrogen) atoms. The number of fused-ring (bicyclic) bond motifs is 1. The molecule has 2 aromatic carbocycles. The van der Waals surface area contributed by atoms with Crippen LogP contribution in [0.2, 0.25) is 0 Å². The molecule has 8 heteroatoms. The molecule has 2 amide bonds. The lowest BCUT2D eigenvalue weighted by molar-refractivity contribution is -0.123. The molecule has 2 N–H and O–H groups in total. The van der Waals surface area contributed by atoms with E-state index in [4.69, 9.17) is 9.47 Å². The summed E-state index contributed by atoms with van der Waals surface area (Å²) in [6, 6.07) is 12.4. The van der Waals surface area contributed by atoms with E-state index in [0.29, 0.717) is 23.7 Å². The summed E-state index contributed by atoms with van der Waals surface area (Å²) in [7, 11) is 3.16. The Bertz CT molecular complexity index is 1180. The SMILES string of the molecule is CCc1nn2c(c1-c1ccc(OC)c(OC)c1)NC(=O)C2CC(=O)Nc1ccccc1C. The lowest BCUT2D eigenvalue weighted by Crippen LogP contribution is -2.24. The Kier molecular flexibility index (Phi) is 5.85. The van der Waals surface area contributed by atoms with Crippen molar-refractivity contribution in [3.63, 3.8) is 0 Å². The number of para-hydroxylation sites is 1. The average molecular weight is 434 g/mol. The topological polar surface area (TPSA) is 94.5 Å². The summed E-state index contributed by atoms with van der Waals surface area (Å²) in [5.41, 5.74) is 4.20. The molecule has 8 nitrogen and oxygen atoms in total. The minimum absolute atomic E-state index is 0.0105. The van der Waals surface area contributed by atoms with Gasteiger partial charge in [0.05, 0.1) is 26.3 Å². The van der Waals surface area contributed by atoms with E-state index in [1.54, 1.807) is 18.9 Å². The van der Waals surface area contributed by atoms with E-state index in [2.05, 4.69) is 15.7 Å². The van der Waals surface area contributed by atoms with Gasteiger partial charge in [-0.1, -0.05) is 31.2 Å². The van der Waals surface area contributed by atoms with Crippen molar-refractivity contribution in [1.82, 2.24) is 9.78 Å². The summed E-state index contributed by atoms with van der Waals surface area (Å²) in [5.74, 6) is 1.30. The quantitative estimate of drug-likeness (QED) is 0.587. The molecule has 0 spiro atoms. The molecular formula is C24H26N4O4. The van der Waals surface area contributed by atoms with Gasteiger partial charge in [0, 0.05) is 11.3 Å². The van der Waals surface area contributed by atoms with Crippen LogP contribution in [0.1, 0.15) is 30.6 Å². The number of methoxy groups -OCH3 is 2. The fraction of sp³-hybridized carbons (Fsp3) is 0.292. The van der Waals surface area contributed by atoms with E-state index in [1.165, 1.54) is 0 Å². The number of carbonyl (C=O) groups excluding carboxylic acids is 2. The zero-order valence-corrected chi connectivity index (χ0v) is 18.6.